The van der Waals surface area contributed by atoms with Gasteiger partial charge in [-0.2, -0.15) is 0 Å². The molecule has 2 heterocycles. The van der Waals surface area contributed by atoms with Gasteiger partial charge in [-0.15, -0.1) is 35.3 Å². The second-order valence-corrected chi connectivity index (χ2v) is 6.57. The van der Waals surface area contributed by atoms with Crippen LogP contribution in [0.15, 0.2) is 34.0 Å². The van der Waals surface area contributed by atoms with Crippen molar-refractivity contribution >= 4 is 41.3 Å². The van der Waals surface area contributed by atoms with E-state index in [-0.39, 0.29) is 24.0 Å². The van der Waals surface area contributed by atoms with E-state index in [0.29, 0.717) is 24.8 Å². The number of aliphatic hydroxyl groups is 1. The minimum atomic E-state index is -1.10. The molecule has 0 aliphatic heterocycles. The molecule has 0 spiro atoms. The highest BCUT2D eigenvalue weighted by Gasteiger charge is 2.26. The SMILES string of the molecule is CCNC(=NCc1ncc(CC)s1)NCC(C)(O)c1ccco1.I. The summed E-state index contributed by atoms with van der Waals surface area (Å²) in [6.07, 6.45) is 4.44. The van der Waals surface area contributed by atoms with Crippen molar-refractivity contribution in [2.24, 2.45) is 4.99 Å². The van der Waals surface area contributed by atoms with Gasteiger partial charge in [0.25, 0.3) is 0 Å². The Balaban J connectivity index is 0.00000288. The predicted molar refractivity (Wildman–Crippen MR) is 108 cm³/mol. The Bertz CT molecular complexity index is 626. The topological polar surface area (TPSA) is 82.7 Å². The van der Waals surface area contributed by atoms with Crippen LogP contribution in [0.2, 0.25) is 0 Å². The van der Waals surface area contributed by atoms with Gasteiger partial charge >= 0.3 is 0 Å². The monoisotopic (exact) mass is 464 g/mol. The van der Waals surface area contributed by atoms with Crippen molar-refractivity contribution in [3.05, 3.63) is 40.2 Å². The smallest absolute Gasteiger partial charge is 0.191 e. The molecule has 0 saturated carbocycles. The maximum Gasteiger partial charge on any atom is 0.191 e. The zero-order valence-corrected chi connectivity index (χ0v) is 17.4. The summed E-state index contributed by atoms with van der Waals surface area (Å²) in [5.41, 5.74) is -1.10. The highest BCUT2D eigenvalue weighted by atomic mass is 127. The van der Waals surface area contributed by atoms with E-state index in [2.05, 4.69) is 27.5 Å². The zero-order valence-electron chi connectivity index (χ0n) is 14.2. The fourth-order valence-corrected chi connectivity index (χ4v) is 2.79. The maximum atomic E-state index is 10.5. The van der Waals surface area contributed by atoms with Crippen LogP contribution in [0.25, 0.3) is 0 Å². The van der Waals surface area contributed by atoms with Crippen LogP contribution in [0.3, 0.4) is 0 Å². The Kier molecular flexibility index (Phi) is 8.71. The van der Waals surface area contributed by atoms with Crippen LogP contribution in [-0.2, 0) is 18.6 Å². The molecule has 24 heavy (non-hydrogen) atoms. The molecular formula is C16H25IN4O2S. The summed E-state index contributed by atoms with van der Waals surface area (Å²) >= 11 is 1.68. The van der Waals surface area contributed by atoms with Gasteiger partial charge in [0.2, 0.25) is 0 Å². The average molecular weight is 464 g/mol. The molecule has 2 rings (SSSR count). The highest BCUT2D eigenvalue weighted by Crippen LogP contribution is 2.19. The van der Waals surface area contributed by atoms with E-state index in [4.69, 9.17) is 4.42 Å². The predicted octanol–water partition coefficient (Wildman–Crippen LogP) is 2.88. The number of aliphatic imine (C=N–C) groups is 1. The number of aromatic nitrogens is 1. The fraction of sp³-hybridized carbons (Fsp3) is 0.500. The summed E-state index contributed by atoms with van der Waals surface area (Å²) < 4.78 is 5.28. The molecule has 0 radical (unpaired) electrons. The van der Waals surface area contributed by atoms with Crippen molar-refractivity contribution in [3.63, 3.8) is 0 Å². The molecule has 0 amide bonds. The summed E-state index contributed by atoms with van der Waals surface area (Å²) in [5.74, 6) is 1.17. The van der Waals surface area contributed by atoms with Gasteiger partial charge in [0, 0.05) is 17.6 Å². The second kappa shape index (κ2) is 10.00. The number of hydrogen-bond acceptors (Lipinski definition) is 5. The molecule has 0 aromatic carbocycles. The van der Waals surface area contributed by atoms with Crippen molar-refractivity contribution in [3.8, 4) is 0 Å². The van der Waals surface area contributed by atoms with Gasteiger partial charge in [0.15, 0.2) is 5.96 Å². The number of hydrogen-bond donors (Lipinski definition) is 3. The van der Waals surface area contributed by atoms with Gasteiger partial charge in [-0.05, 0) is 32.4 Å². The highest BCUT2D eigenvalue weighted by molar-refractivity contribution is 14.0. The Morgan fingerprint density at radius 1 is 1.42 bits per heavy atom. The van der Waals surface area contributed by atoms with Crippen LogP contribution in [0.1, 0.15) is 36.4 Å². The average Bonchev–Trinajstić information content (AvgIpc) is 3.21. The Labute approximate surface area is 163 Å². The molecule has 1 atom stereocenters. The molecule has 0 aliphatic carbocycles. The van der Waals surface area contributed by atoms with E-state index in [1.165, 1.54) is 4.88 Å². The second-order valence-electron chi connectivity index (χ2n) is 5.37. The lowest BCUT2D eigenvalue weighted by molar-refractivity contribution is 0.0386. The standard InChI is InChI=1S/C16H24N4O2S.HI/c1-4-12-9-18-14(23-12)10-19-15(17-5-2)20-11-16(3,21)13-7-6-8-22-13;/h6-9,21H,4-5,10-11H2,1-3H3,(H2,17,19,20);1H. The maximum absolute atomic E-state index is 10.5. The summed E-state index contributed by atoms with van der Waals surface area (Å²) in [6.45, 7) is 7.38. The number of halogens is 1. The van der Waals surface area contributed by atoms with Gasteiger partial charge in [-0.25, -0.2) is 9.98 Å². The van der Waals surface area contributed by atoms with Crippen LogP contribution >= 0.6 is 35.3 Å². The molecule has 0 aliphatic rings. The van der Waals surface area contributed by atoms with E-state index < -0.39 is 5.60 Å². The number of guanidine groups is 1. The molecule has 0 fully saturated rings. The Hall–Kier alpha value is -1.13. The van der Waals surface area contributed by atoms with Crippen molar-refractivity contribution in [1.29, 1.82) is 0 Å². The van der Waals surface area contributed by atoms with Crippen LogP contribution in [0.4, 0.5) is 0 Å². The first kappa shape index (κ1) is 20.9. The lowest BCUT2D eigenvalue weighted by Gasteiger charge is -2.22. The summed E-state index contributed by atoms with van der Waals surface area (Å²) in [6, 6.07) is 3.52. The summed E-state index contributed by atoms with van der Waals surface area (Å²) in [4.78, 5) is 10.1. The summed E-state index contributed by atoms with van der Waals surface area (Å²) in [7, 11) is 0. The number of nitrogens with one attached hydrogen (secondary N) is 2. The molecule has 134 valence electrons. The minimum absolute atomic E-state index is 0. The van der Waals surface area contributed by atoms with Crippen molar-refractivity contribution in [2.45, 2.75) is 39.3 Å². The van der Waals surface area contributed by atoms with E-state index in [9.17, 15) is 5.11 Å². The lowest BCUT2D eigenvalue weighted by atomic mass is 10.0. The fourth-order valence-electron chi connectivity index (χ4n) is 2.00. The van der Waals surface area contributed by atoms with E-state index in [1.807, 2.05) is 13.1 Å². The third-order valence-corrected chi connectivity index (χ3v) is 4.45. The molecule has 0 bridgehead atoms. The Morgan fingerprint density at radius 3 is 2.79 bits per heavy atom. The van der Waals surface area contributed by atoms with Gasteiger partial charge in [-0.1, -0.05) is 6.92 Å². The van der Waals surface area contributed by atoms with Gasteiger partial charge < -0.3 is 20.2 Å². The van der Waals surface area contributed by atoms with Crippen molar-refractivity contribution < 1.29 is 9.52 Å². The third kappa shape index (κ3) is 6.06. The van der Waals surface area contributed by atoms with Gasteiger partial charge in [0.05, 0.1) is 19.4 Å². The lowest BCUT2D eigenvalue weighted by Crippen LogP contribution is -2.44. The first-order valence-corrected chi connectivity index (χ1v) is 8.59. The summed E-state index contributed by atoms with van der Waals surface area (Å²) in [5, 5.41) is 17.8. The first-order chi connectivity index (χ1) is 11.0. The number of furan rings is 1. The number of rotatable bonds is 7. The molecular weight excluding hydrogens is 439 g/mol. The molecule has 2 aromatic heterocycles. The molecule has 2 aromatic rings. The number of aryl methyl sites for hydroxylation is 1. The van der Waals surface area contributed by atoms with Crippen molar-refractivity contribution in [1.82, 2.24) is 15.6 Å². The third-order valence-electron chi connectivity index (χ3n) is 3.32. The largest absolute Gasteiger partial charge is 0.466 e. The number of thiazole rings is 1. The molecule has 8 heteroatoms. The first-order valence-electron chi connectivity index (χ1n) is 7.77. The van der Waals surface area contributed by atoms with Crippen LogP contribution < -0.4 is 10.6 Å². The van der Waals surface area contributed by atoms with Crippen LogP contribution in [0, 0.1) is 0 Å². The van der Waals surface area contributed by atoms with Crippen LogP contribution in [-0.4, -0.2) is 29.1 Å². The molecule has 6 nitrogen and oxygen atoms in total. The van der Waals surface area contributed by atoms with E-state index >= 15 is 0 Å². The molecule has 0 saturated heterocycles. The van der Waals surface area contributed by atoms with E-state index in [1.54, 1.807) is 36.7 Å². The van der Waals surface area contributed by atoms with Crippen molar-refractivity contribution in [2.75, 3.05) is 13.1 Å². The van der Waals surface area contributed by atoms with Crippen LogP contribution in [0.5, 0.6) is 0 Å². The normalized spacial score (nSPS) is 13.9. The molecule has 3 N–H and O–H groups in total. The zero-order chi connectivity index (χ0) is 16.7. The van der Waals surface area contributed by atoms with E-state index in [0.717, 1.165) is 18.0 Å². The Morgan fingerprint density at radius 2 is 2.21 bits per heavy atom. The van der Waals surface area contributed by atoms with Gasteiger partial charge in [-0.3, -0.25) is 0 Å². The quantitative estimate of drug-likeness (QED) is 0.334. The number of nitrogens with zero attached hydrogens (tertiary/aromatic N) is 2. The van der Waals surface area contributed by atoms with Gasteiger partial charge in [0.1, 0.15) is 16.4 Å². The molecule has 1 unspecified atom stereocenters. The minimum Gasteiger partial charge on any atom is -0.466 e.